The standard InChI is InChI=1S/C20H22BrN3O3S/c1-12(2)14-8-9-17(16(21)10-14)27-11-18(25)23-24-20(28)22-19(26)15-7-5-4-6-13(15)3/h4-10,12H,11H2,1-3H3,(H,23,25)(H2,22,24,26,28). The van der Waals surface area contributed by atoms with Gasteiger partial charge in [-0.2, -0.15) is 0 Å². The Balaban J connectivity index is 1.78. The van der Waals surface area contributed by atoms with Gasteiger partial charge in [-0.05, 0) is 70.3 Å². The molecule has 8 heteroatoms. The van der Waals surface area contributed by atoms with E-state index < -0.39 is 5.91 Å². The summed E-state index contributed by atoms with van der Waals surface area (Å²) in [5.41, 5.74) is 7.38. The van der Waals surface area contributed by atoms with Crippen LogP contribution in [0.4, 0.5) is 0 Å². The SMILES string of the molecule is Cc1ccccc1C(=O)NC(=S)NNC(=O)COc1ccc(C(C)C)cc1Br. The Kier molecular flexibility index (Phi) is 7.95. The van der Waals surface area contributed by atoms with E-state index in [4.69, 9.17) is 17.0 Å². The number of hydrogen-bond donors (Lipinski definition) is 3. The maximum atomic E-state index is 12.2. The maximum absolute atomic E-state index is 12.2. The van der Waals surface area contributed by atoms with Crippen LogP contribution in [-0.4, -0.2) is 23.5 Å². The van der Waals surface area contributed by atoms with Crippen molar-refractivity contribution in [2.24, 2.45) is 0 Å². The number of amides is 2. The molecule has 2 amide bonds. The molecule has 0 radical (unpaired) electrons. The van der Waals surface area contributed by atoms with Crippen molar-refractivity contribution in [2.75, 3.05) is 6.61 Å². The molecule has 0 aliphatic heterocycles. The van der Waals surface area contributed by atoms with E-state index in [9.17, 15) is 9.59 Å². The van der Waals surface area contributed by atoms with Crippen molar-refractivity contribution < 1.29 is 14.3 Å². The predicted octanol–water partition coefficient (Wildman–Crippen LogP) is 3.60. The summed E-state index contributed by atoms with van der Waals surface area (Å²) in [5, 5.41) is 2.50. The third-order valence-electron chi connectivity index (χ3n) is 3.91. The molecule has 6 nitrogen and oxygen atoms in total. The third kappa shape index (κ3) is 6.31. The first-order chi connectivity index (χ1) is 13.3. The van der Waals surface area contributed by atoms with E-state index in [1.165, 1.54) is 5.56 Å². The molecule has 28 heavy (non-hydrogen) atoms. The maximum Gasteiger partial charge on any atom is 0.276 e. The molecule has 0 saturated heterocycles. The molecule has 3 N–H and O–H groups in total. The third-order valence-corrected chi connectivity index (χ3v) is 4.74. The number of ether oxygens (including phenoxy) is 1. The van der Waals surface area contributed by atoms with Crippen molar-refractivity contribution in [1.29, 1.82) is 0 Å². The van der Waals surface area contributed by atoms with Crippen LogP contribution in [0.2, 0.25) is 0 Å². The minimum Gasteiger partial charge on any atom is -0.483 e. The van der Waals surface area contributed by atoms with Gasteiger partial charge in [0.05, 0.1) is 4.47 Å². The number of benzene rings is 2. The van der Waals surface area contributed by atoms with Gasteiger partial charge in [0.25, 0.3) is 11.8 Å². The van der Waals surface area contributed by atoms with Crippen molar-refractivity contribution >= 4 is 45.1 Å². The van der Waals surface area contributed by atoms with Crippen LogP contribution in [0.15, 0.2) is 46.9 Å². The summed E-state index contributed by atoms with van der Waals surface area (Å²) in [6.07, 6.45) is 0. The molecule has 0 fully saturated rings. The summed E-state index contributed by atoms with van der Waals surface area (Å²) in [7, 11) is 0. The highest BCUT2D eigenvalue weighted by molar-refractivity contribution is 9.10. The average Bonchev–Trinajstić information content (AvgIpc) is 2.65. The van der Waals surface area contributed by atoms with Gasteiger partial charge in [-0.15, -0.1) is 0 Å². The largest absolute Gasteiger partial charge is 0.483 e. The van der Waals surface area contributed by atoms with Crippen molar-refractivity contribution in [3.8, 4) is 5.75 Å². The monoisotopic (exact) mass is 463 g/mol. The van der Waals surface area contributed by atoms with Gasteiger partial charge < -0.3 is 4.74 Å². The van der Waals surface area contributed by atoms with Crippen LogP contribution < -0.4 is 20.9 Å². The second-order valence-electron chi connectivity index (χ2n) is 6.40. The van der Waals surface area contributed by atoms with Crippen LogP contribution in [0.3, 0.4) is 0 Å². The summed E-state index contributed by atoms with van der Waals surface area (Å²) in [6, 6.07) is 12.9. The molecule has 0 aromatic heterocycles. The van der Waals surface area contributed by atoms with Gasteiger partial charge in [0.15, 0.2) is 11.7 Å². The highest BCUT2D eigenvalue weighted by Crippen LogP contribution is 2.28. The molecule has 2 aromatic carbocycles. The molecule has 0 aliphatic rings. The lowest BCUT2D eigenvalue weighted by molar-refractivity contribution is -0.123. The van der Waals surface area contributed by atoms with E-state index in [1.807, 2.05) is 37.3 Å². The smallest absolute Gasteiger partial charge is 0.276 e. The molecule has 0 spiro atoms. The number of hydrazine groups is 1. The van der Waals surface area contributed by atoms with Gasteiger partial charge in [0.2, 0.25) is 0 Å². The number of carbonyl (C=O) groups is 2. The fourth-order valence-electron chi connectivity index (χ4n) is 2.33. The molecule has 0 atom stereocenters. The van der Waals surface area contributed by atoms with E-state index >= 15 is 0 Å². The zero-order valence-corrected chi connectivity index (χ0v) is 18.2. The second kappa shape index (κ2) is 10.2. The van der Waals surface area contributed by atoms with Crippen molar-refractivity contribution in [1.82, 2.24) is 16.2 Å². The van der Waals surface area contributed by atoms with E-state index in [1.54, 1.807) is 12.1 Å². The fraction of sp³-hybridized carbons (Fsp3) is 0.250. The van der Waals surface area contributed by atoms with E-state index in [0.717, 1.165) is 10.0 Å². The van der Waals surface area contributed by atoms with Crippen LogP contribution in [0.1, 0.15) is 41.3 Å². The Bertz CT molecular complexity index is 887. The van der Waals surface area contributed by atoms with Crippen LogP contribution in [0.5, 0.6) is 5.75 Å². The molecule has 0 heterocycles. The minimum absolute atomic E-state index is 0.0101. The van der Waals surface area contributed by atoms with Crippen molar-refractivity contribution in [2.45, 2.75) is 26.7 Å². The number of halogens is 1. The number of nitrogens with one attached hydrogen (secondary N) is 3. The highest BCUT2D eigenvalue weighted by Gasteiger charge is 2.11. The first kappa shape index (κ1) is 21.8. The zero-order valence-electron chi connectivity index (χ0n) is 15.8. The topological polar surface area (TPSA) is 79.5 Å². The first-order valence-electron chi connectivity index (χ1n) is 8.66. The molecule has 2 rings (SSSR count). The Morgan fingerprint density at radius 3 is 2.50 bits per heavy atom. The lowest BCUT2D eigenvalue weighted by Gasteiger charge is -2.13. The molecule has 0 unspecified atom stereocenters. The van der Waals surface area contributed by atoms with Crippen LogP contribution in [-0.2, 0) is 4.79 Å². The van der Waals surface area contributed by atoms with Crippen molar-refractivity contribution in [3.05, 3.63) is 63.6 Å². The van der Waals surface area contributed by atoms with Gasteiger partial charge >= 0.3 is 0 Å². The van der Waals surface area contributed by atoms with Crippen LogP contribution in [0.25, 0.3) is 0 Å². The zero-order chi connectivity index (χ0) is 20.7. The predicted molar refractivity (Wildman–Crippen MR) is 116 cm³/mol. The summed E-state index contributed by atoms with van der Waals surface area (Å²) < 4.78 is 6.28. The van der Waals surface area contributed by atoms with Gasteiger partial charge in [-0.25, -0.2) is 0 Å². The lowest BCUT2D eigenvalue weighted by atomic mass is 10.0. The summed E-state index contributed by atoms with van der Waals surface area (Å²) in [6.45, 7) is 5.82. The average molecular weight is 464 g/mol. The summed E-state index contributed by atoms with van der Waals surface area (Å²) >= 11 is 8.47. The first-order valence-corrected chi connectivity index (χ1v) is 9.86. The number of hydrogen-bond acceptors (Lipinski definition) is 4. The van der Waals surface area contributed by atoms with E-state index in [0.29, 0.717) is 17.2 Å². The Hall–Kier alpha value is -2.45. The summed E-state index contributed by atoms with van der Waals surface area (Å²) in [4.78, 5) is 24.1. The van der Waals surface area contributed by atoms with Crippen molar-refractivity contribution in [3.63, 3.8) is 0 Å². The second-order valence-corrected chi connectivity index (χ2v) is 7.67. The molecule has 2 aromatic rings. The number of aryl methyl sites for hydroxylation is 1. The molecular weight excluding hydrogens is 442 g/mol. The molecule has 0 aliphatic carbocycles. The van der Waals surface area contributed by atoms with Gasteiger partial charge in [-0.1, -0.05) is 38.1 Å². The number of carbonyl (C=O) groups excluding carboxylic acids is 2. The molecule has 0 saturated carbocycles. The van der Waals surface area contributed by atoms with E-state index in [2.05, 4.69) is 45.9 Å². The van der Waals surface area contributed by atoms with Crippen LogP contribution in [0, 0.1) is 6.92 Å². The molecule has 0 bridgehead atoms. The lowest BCUT2D eigenvalue weighted by Crippen LogP contribution is -2.49. The van der Waals surface area contributed by atoms with Gasteiger partial charge in [-0.3, -0.25) is 25.8 Å². The van der Waals surface area contributed by atoms with Crippen LogP contribution >= 0.6 is 28.1 Å². The fourth-order valence-corrected chi connectivity index (χ4v) is 2.98. The molecule has 148 valence electrons. The highest BCUT2D eigenvalue weighted by atomic mass is 79.9. The molecular formula is C20H22BrN3O3S. The number of thiocarbonyl (C=S) groups is 1. The number of rotatable bonds is 5. The minimum atomic E-state index is -0.438. The normalized spacial score (nSPS) is 10.3. The quantitative estimate of drug-likeness (QED) is 0.466. The Morgan fingerprint density at radius 2 is 1.86 bits per heavy atom. The Morgan fingerprint density at radius 1 is 1.14 bits per heavy atom. The Labute approximate surface area is 178 Å². The van der Waals surface area contributed by atoms with E-state index in [-0.39, 0.29) is 17.6 Å². The summed E-state index contributed by atoms with van der Waals surface area (Å²) in [5.74, 6) is 0.173. The van der Waals surface area contributed by atoms with Gasteiger partial charge in [0.1, 0.15) is 5.75 Å². The van der Waals surface area contributed by atoms with Gasteiger partial charge in [0, 0.05) is 5.56 Å².